The Hall–Kier alpha value is -3.89. The van der Waals surface area contributed by atoms with Crippen molar-refractivity contribution < 1.29 is 22.4 Å². The Morgan fingerprint density at radius 3 is 2.42 bits per heavy atom. The zero-order chi connectivity index (χ0) is 22.4. The van der Waals surface area contributed by atoms with Crippen LogP contribution in [0, 0.1) is 5.82 Å². The smallest absolute Gasteiger partial charge is 0.369 e. The molecule has 1 unspecified atom stereocenters. The summed E-state index contributed by atoms with van der Waals surface area (Å²) in [4.78, 5) is 21.7. The summed E-state index contributed by atoms with van der Waals surface area (Å²) in [6.45, 7) is 0. The number of hydrogen-bond acceptors (Lipinski definition) is 6. The van der Waals surface area contributed by atoms with Crippen LogP contribution in [0.3, 0.4) is 0 Å². The number of amides is 1. The molecule has 0 bridgehead atoms. The van der Waals surface area contributed by atoms with E-state index in [1.54, 1.807) is 6.07 Å². The average Bonchev–Trinajstić information content (AvgIpc) is 2.99. The summed E-state index contributed by atoms with van der Waals surface area (Å²) in [5, 5.41) is 7.44. The number of nitrogens with two attached hydrogens (primary N) is 1. The lowest BCUT2D eigenvalue weighted by atomic mass is 9.81. The molecule has 1 aliphatic heterocycles. The van der Waals surface area contributed by atoms with Crippen LogP contribution in [0.15, 0.2) is 60.0 Å². The standard InChI is InChI=1S/C20H14F4N6O/c1-30-17(31)19(29-18(30)25,13-5-6-26-16(9-13)20(22,23)24)14-8-11(2-3-15(14)21)12-4-7-27-28-10-12/h2-10H,1H3,(H2,25,29). The van der Waals surface area contributed by atoms with Crippen molar-refractivity contribution in [2.24, 2.45) is 10.7 Å². The lowest BCUT2D eigenvalue weighted by Crippen LogP contribution is -2.41. The molecule has 0 saturated carbocycles. The number of aromatic nitrogens is 3. The molecule has 0 spiro atoms. The van der Waals surface area contributed by atoms with Gasteiger partial charge in [-0.15, -0.1) is 0 Å². The number of benzene rings is 1. The molecular weight excluding hydrogens is 416 g/mol. The van der Waals surface area contributed by atoms with Gasteiger partial charge in [-0.25, -0.2) is 9.38 Å². The highest BCUT2D eigenvalue weighted by atomic mass is 19.4. The third-order valence-corrected chi connectivity index (χ3v) is 4.98. The van der Waals surface area contributed by atoms with Crippen molar-refractivity contribution in [2.45, 2.75) is 11.7 Å². The van der Waals surface area contributed by atoms with Gasteiger partial charge in [0, 0.05) is 24.4 Å². The fourth-order valence-electron chi connectivity index (χ4n) is 3.41. The van der Waals surface area contributed by atoms with Gasteiger partial charge in [0.2, 0.25) is 0 Å². The summed E-state index contributed by atoms with van der Waals surface area (Å²) in [5.74, 6) is -1.89. The van der Waals surface area contributed by atoms with Gasteiger partial charge in [-0.05, 0) is 41.5 Å². The maximum atomic E-state index is 15.1. The molecule has 4 rings (SSSR count). The Morgan fingerprint density at radius 2 is 1.81 bits per heavy atom. The number of alkyl halides is 3. The molecule has 3 aromatic rings. The van der Waals surface area contributed by atoms with E-state index >= 15 is 4.39 Å². The Morgan fingerprint density at radius 1 is 1.03 bits per heavy atom. The van der Waals surface area contributed by atoms with E-state index in [1.165, 1.54) is 37.6 Å². The lowest BCUT2D eigenvalue weighted by Gasteiger charge is -2.27. The molecule has 1 atom stereocenters. The zero-order valence-corrected chi connectivity index (χ0v) is 15.9. The Balaban J connectivity index is 2.00. The molecule has 1 aliphatic rings. The summed E-state index contributed by atoms with van der Waals surface area (Å²) < 4.78 is 55.0. The Bertz CT molecular complexity index is 1200. The second-order valence-corrected chi connectivity index (χ2v) is 6.80. The van der Waals surface area contributed by atoms with Crippen LogP contribution in [0.5, 0.6) is 0 Å². The molecule has 7 nitrogen and oxygen atoms in total. The van der Waals surface area contributed by atoms with Crippen molar-refractivity contribution in [1.82, 2.24) is 20.1 Å². The third kappa shape index (κ3) is 3.27. The third-order valence-electron chi connectivity index (χ3n) is 4.98. The van der Waals surface area contributed by atoms with Crippen molar-refractivity contribution in [1.29, 1.82) is 0 Å². The first-order chi connectivity index (χ1) is 14.6. The maximum absolute atomic E-state index is 15.1. The number of aliphatic imine (C=N–C) groups is 1. The molecule has 2 N–H and O–H groups in total. The minimum atomic E-state index is -4.77. The topological polar surface area (TPSA) is 97.4 Å². The van der Waals surface area contributed by atoms with Gasteiger partial charge in [-0.3, -0.25) is 14.7 Å². The molecule has 1 amide bonds. The van der Waals surface area contributed by atoms with Crippen molar-refractivity contribution >= 4 is 11.9 Å². The van der Waals surface area contributed by atoms with Crippen molar-refractivity contribution in [2.75, 3.05) is 7.05 Å². The van der Waals surface area contributed by atoms with E-state index in [-0.39, 0.29) is 17.1 Å². The van der Waals surface area contributed by atoms with Gasteiger partial charge in [0.15, 0.2) is 11.5 Å². The average molecular weight is 430 g/mol. The zero-order valence-electron chi connectivity index (χ0n) is 15.9. The molecule has 2 aromatic heterocycles. The number of nitrogens with zero attached hydrogens (tertiary/aromatic N) is 5. The molecule has 0 aliphatic carbocycles. The molecular formula is C20H14F4N6O. The second kappa shape index (κ2) is 7.11. The van der Waals surface area contributed by atoms with Gasteiger partial charge in [0.1, 0.15) is 11.5 Å². The molecule has 0 radical (unpaired) electrons. The van der Waals surface area contributed by atoms with Gasteiger partial charge >= 0.3 is 6.18 Å². The van der Waals surface area contributed by atoms with E-state index in [9.17, 15) is 18.0 Å². The first kappa shape index (κ1) is 20.4. The highest BCUT2D eigenvalue weighted by Crippen LogP contribution is 2.42. The van der Waals surface area contributed by atoms with Gasteiger partial charge in [0.25, 0.3) is 5.91 Å². The number of carbonyl (C=O) groups excluding carboxylic acids is 1. The van der Waals surface area contributed by atoms with Crippen molar-refractivity contribution in [3.05, 3.63) is 77.6 Å². The molecule has 3 heterocycles. The van der Waals surface area contributed by atoms with Crippen LogP contribution < -0.4 is 5.73 Å². The fourth-order valence-corrected chi connectivity index (χ4v) is 3.41. The van der Waals surface area contributed by atoms with Crippen LogP contribution in [0.4, 0.5) is 17.6 Å². The molecule has 0 fully saturated rings. The number of pyridine rings is 1. The number of halogens is 4. The van der Waals surface area contributed by atoms with E-state index in [4.69, 9.17) is 5.73 Å². The second-order valence-electron chi connectivity index (χ2n) is 6.80. The monoisotopic (exact) mass is 430 g/mol. The summed E-state index contributed by atoms with van der Waals surface area (Å²) in [5.41, 5.74) is 2.99. The lowest BCUT2D eigenvalue weighted by molar-refractivity contribution is -0.141. The molecule has 11 heteroatoms. The Labute approximate surface area is 173 Å². The van der Waals surface area contributed by atoms with Gasteiger partial charge in [-0.2, -0.15) is 23.4 Å². The van der Waals surface area contributed by atoms with Crippen molar-refractivity contribution in [3.63, 3.8) is 0 Å². The minimum Gasteiger partial charge on any atom is -0.369 e. The number of rotatable bonds is 3. The molecule has 0 saturated heterocycles. The van der Waals surface area contributed by atoms with Gasteiger partial charge < -0.3 is 5.73 Å². The van der Waals surface area contributed by atoms with E-state index in [2.05, 4.69) is 20.2 Å². The highest BCUT2D eigenvalue weighted by Gasteiger charge is 2.52. The molecule has 158 valence electrons. The van der Waals surface area contributed by atoms with E-state index < -0.39 is 29.1 Å². The SMILES string of the molecule is CN1C(=O)C(c2ccnc(C(F)(F)F)c2)(c2cc(-c3ccnnc3)ccc2F)N=C1N. The van der Waals surface area contributed by atoms with E-state index in [1.807, 2.05) is 0 Å². The van der Waals surface area contributed by atoms with Crippen molar-refractivity contribution in [3.8, 4) is 11.1 Å². The first-order valence-corrected chi connectivity index (χ1v) is 8.89. The van der Waals surface area contributed by atoms with Crippen LogP contribution >= 0.6 is 0 Å². The van der Waals surface area contributed by atoms with Crippen LogP contribution in [0.2, 0.25) is 0 Å². The van der Waals surface area contributed by atoms with Gasteiger partial charge in [-0.1, -0.05) is 6.07 Å². The van der Waals surface area contributed by atoms with Crippen LogP contribution in [0.25, 0.3) is 11.1 Å². The number of hydrogen-bond donors (Lipinski definition) is 1. The van der Waals surface area contributed by atoms with Crippen LogP contribution in [0.1, 0.15) is 16.8 Å². The molecule has 31 heavy (non-hydrogen) atoms. The largest absolute Gasteiger partial charge is 0.433 e. The minimum absolute atomic E-state index is 0.212. The molecule has 1 aromatic carbocycles. The predicted octanol–water partition coefficient (Wildman–Crippen LogP) is 2.73. The van der Waals surface area contributed by atoms with Gasteiger partial charge in [0.05, 0.1) is 12.4 Å². The quantitative estimate of drug-likeness (QED) is 0.645. The normalized spacial score (nSPS) is 18.9. The number of carbonyl (C=O) groups is 1. The van der Waals surface area contributed by atoms with Crippen LogP contribution in [-0.2, 0) is 16.5 Å². The fraction of sp³-hybridized carbons (Fsp3) is 0.150. The Kier molecular flexibility index (Phi) is 4.68. The highest BCUT2D eigenvalue weighted by molar-refractivity contribution is 6.09. The summed E-state index contributed by atoms with van der Waals surface area (Å²) in [6, 6.07) is 7.37. The van der Waals surface area contributed by atoms with E-state index in [0.717, 1.165) is 17.2 Å². The maximum Gasteiger partial charge on any atom is 0.433 e. The number of likely N-dealkylation sites (N-methyl/N-ethyl adjacent to an activating group) is 1. The summed E-state index contributed by atoms with van der Waals surface area (Å²) in [7, 11) is 1.31. The van der Waals surface area contributed by atoms with Crippen LogP contribution in [-0.4, -0.2) is 39.0 Å². The first-order valence-electron chi connectivity index (χ1n) is 8.89. The summed E-state index contributed by atoms with van der Waals surface area (Å²) in [6.07, 6.45) is -1.02. The number of guanidine groups is 1. The summed E-state index contributed by atoms with van der Waals surface area (Å²) >= 11 is 0. The van der Waals surface area contributed by atoms with E-state index in [0.29, 0.717) is 17.2 Å². The predicted molar refractivity (Wildman–Crippen MR) is 102 cm³/mol.